The molecule has 0 atom stereocenters. The molecule has 0 fully saturated rings. The van der Waals surface area contributed by atoms with Crippen LogP contribution in [0, 0.1) is 26.6 Å². The SMILES string of the molecule is Cc1cc(C)n2nc(C(=O)OCC(=O)Nc3cc(F)ccc3C)nc2n1. The second kappa shape index (κ2) is 6.87. The van der Waals surface area contributed by atoms with E-state index in [1.54, 1.807) is 26.8 Å². The molecule has 3 aromatic rings. The number of hydrogen-bond acceptors (Lipinski definition) is 6. The summed E-state index contributed by atoms with van der Waals surface area (Å²) >= 11 is 0. The molecule has 0 aliphatic carbocycles. The number of hydrogen-bond donors (Lipinski definition) is 1. The van der Waals surface area contributed by atoms with E-state index in [1.807, 2.05) is 0 Å². The van der Waals surface area contributed by atoms with Crippen LogP contribution < -0.4 is 5.32 Å². The first-order chi connectivity index (χ1) is 12.3. The molecule has 0 saturated heterocycles. The lowest BCUT2D eigenvalue weighted by Crippen LogP contribution is -2.22. The number of rotatable bonds is 4. The Balaban J connectivity index is 1.66. The number of esters is 1. The van der Waals surface area contributed by atoms with Crippen LogP contribution in [0.4, 0.5) is 10.1 Å². The standard InChI is InChI=1S/C17H16FN5O3/c1-9-4-5-12(18)7-13(9)20-14(24)8-26-16(25)15-21-17-19-10(2)6-11(3)23(17)22-15/h4-7H,8H2,1-3H3,(H,20,24). The molecule has 2 heterocycles. The van der Waals surface area contributed by atoms with Gasteiger partial charge in [0.05, 0.1) is 0 Å². The van der Waals surface area contributed by atoms with Crippen LogP contribution in [-0.2, 0) is 9.53 Å². The van der Waals surface area contributed by atoms with Crippen molar-refractivity contribution in [1.29, 1.82) is 0 Å². The summed E-state index contributed by atoms with van der Waals surface area (Å²) in [6.07, 6.45) is 0. The van der Waals surface area contributed by atoms with Crippen LogP contribution in [0.15, 0.2) is 24.3 Å². The predicted molar refractivity (Wildman–Crippen MR) is 90.3 cm³/mol. The molecule has 0 bridgehead atoms. The summed E-state index contributed by atoms with van der Waals surface area (Å²) < 4.78 is 19.6. The molecule has 0 spiro atoms. The van der Waals surface area contributed by atoms with Crippen molar-refractivity contribution < 1.29 is 18.7 Å². The Morgan fingerprint density at radius 1 is 1.19 bits per heavy atom. The Morgan fingerprint density at radius 2 is 1.96 bits per heavy atom. The fourth-order valence-electron chi connectivity index (χ4n) is 2.36. The zero-order valence-electron chi connectivity index (χ0n) is 14.4. The van der Waals surface area contributed by atoms with Gasteiger partial charge < -0.3 is 10.1 Å². The van der Waals surface area contributed by atoms with Crippen molar-refractivity contribution in [1.82, 2.24) is 19.6 Å². The maximum absolute atomic E-state index is 13.2. The first kappa shape index (κ1) is 17.5. The van der Waals surface area contributed by atoms with Crippen molar-refractivity contribution >= 4 is 23.3 Å². The zero-order chi connectivity index (χ0) is 18.8. The maximum atomic E-state index is 13.2. The molecular formula is C17H16FN5O3. The number of fused-ring (bicyclic) bond motifs is 1. The third-order valence-corrected chi connectivity index (χ3v) is 3.61. The Morgan fingerprint density at radius 3 is 2.73 bits per heavy atom. The molecule has 1 amide bonds. The van der Waals surface area contributed by atoms with E-state index >= 15 is 0 Å². The Kier molecular flexibility index (Phi) is 4.61. The summed E-state index contributed by atoms with van der Waals surface area (Å²) in [4.78, 5) is 32.2. The summed E-state index contributed by atoms with van der Waals surface area (Å²) in [6, 6.07) is 5.81. The minimum absolute atomic E-state index is 0.194. The van der Waals surface area contributed by atoms with Gasteiger partial charge in [-0.25, -0.2) is 18.7 Å². The lowest BCUT2D eigenvalue weighted by atomic mass is 10.2. The molecule has 0 saturated carbocycles. The number of carbonyl (C=O) groups is 2. The van der Waals surface area contributed by atoms with Gasteiger partial charge in [0, 0.05) is 17.1 Å². The summed E-state index contributed by atoms with van der Waals surface area (Å²) in [5.74, 6) is -1.84. The highest BCUT2D eigenvalue weighted by Gasteiger charge is 2.18. The van der Waals surface area contributed by atoms with E-state index < -0.39 is 24.3 Å². The van der Waals surface area contributed by atoms with Crippen LogP contribution in [0.5, 0.6) is 0 Å². The number of amides is 1. The number of carbonyl (C=O) groups excluding carboxylic acids is 2. The fraction of sp³-hybridized carbons (Fsp3) is 0.235. The molecule has 8 nitrogen and oxygen atoms in total. The van der Waals surface area contributed by atoms with E-state index in [0.29, 0.717) is 11.3 Å². The van der Waals surface area contributed by atoms with Crippen molar-refractivity contribution in [3.63, 3.8) is 0 Å². The van der Waals surface area contributed by atoms with E-state index in [0.717, 1.165) is 11.4 Å². The second-order valence-electron chi connectivity index (χ2n) is 5.77. The molecule has 134 valence electrons. The van der Waals surface area contributed by atoms with E-state index in [9.17, 15) is 14.0 Å². The first-order valence-corrected chi connectivity index (χ1v) is 7.77. The fourth-order valence-corrected chi connectivity index (χ4v) is 2.36. The van der Waals surface area contributed by atoms with Crippen molar-refractivity contribution in [3.05, 3.63) is 52.9 Å². The van der Waals surface area contributed by atoms with Gasteiger partial charge in [0.25, 0.3) is 17.5 Å². The van der Waals surface area contributed by atoms with Crippen LogP contribution in [0.2, 0.25) is 0 Å². The number of ether oxygens (including phenoxy) is 1. The van der Waals surface area contributed by atoms with E-state index in [-0.39, 0.29) is 11.6 Å². The van der Waals surface area contributed by atoms with Crippen molar-refractivity contribution in [2.24, 2.45) is 0 Å². The average molecular weight is 357 g/mol. The Hall–Kier alpha value is -3.36. The van der Waals surface area contributed by atoms with Gasteiger partial charge in [-0.3, -0.25) is 4.79 Å². The quantitative estimate of drug-likeness (QED) is 0.717. The van der Waals surface area contributed by atoms with E-state index in [1.165, 1.54) is 22.7 Å². The molecule has 2 aromatic heterocycles. The minimum atomic E-state index is -0.848. The molecule has 9 heteroatoms. The van der Waals surface area contributed by atoms with Gasteiger partial charge in [-0.1, -0.05) is 6.07 Å². The Bertz CT molecular complexity index is 1020. The van der Waals surface area contributed by atoms with Gasteiger partial charge in [-0.15, -0.1) is 5.10 Å². The summed E-state index contributed by atoms with van der Waals surface area (Å²) in [6.45, 7) is 4.79. The summed E-state index contributed by atoms with van der Waals surface area (Å²) in [5, 5.41) is 6.51. The number of nitrogens with zero attached hydrogens (tertiary/aromatic N) is 4. The van der Waals surface area contributed by atoms with Crippen LogP contribution in [0.3, 0.4) is 0 Å². The van der Waals surface area contributed by atoms with Gasteiger partial charge in [-0.2, -0.15) is 4.98 Å². The lowest BCUT2D eigenvalue weighted by molar-refractivity contribution is -0.119. The van der Waals surface area contributed by atoms with Crippen LogP contribution in [-0.4, -0.2) is 38.1 Å². The number of aryl methyl sites for hydroxylation is 3. The number of halogens is 1. The van der Waals surface area contributed by atoms with Crippen LogP contribution in [0.1, 0.15) is 27.6 Å². The highest BCUT2D eigenvalue weighted by molar-refractivity contribution is 5.94. The van der Waals surface area contributed by atoms with Crippen molar-refractivity contribution in [2.45, 2.75) is 20.8 Å². The number of anilines is 1. The zero-order valence-corrected chi connectivity index (χ0v) is 14.4. The smallest absolute Gasteiger partial charge is 0.378 e. The lowest BCUT2D eigenvalue weighted by Gasteiger charge is -2.08. The van der Waals surface area contributed by atoms with Gasteiger partial charge in [0.15, 0.2) is 6.61 Å². The molecule has 0 radical (unpaired) electrons. The average Bonchev–Trinajstić information content (AvgIpc) is 3.00. The Labute approximate surface area is 148 Å². The second-order valence-corrected chi connectivity index (χ2v) is 5.77. The molecular weight excluding hydrogens is 341 g/mol. The molecule has 0 aliphatic rings. The summed E-state index contributed by atoms with van der Waals surface area (Å²) in [7, 11) is 0. The van der Waals surface area contributed by atoms with Crippen molar-refractivity contribution in [2.75, 3.05) is 11.9 Å². The predicted octanol–water partition coefficient (Wildman–Crippen LogP) is 1.98. The monoisotopic (exact) mass is 357 g/mol. The topological polar surface area (TPSA) is 98.5 Å². The highest BCUT2D eigenvalue weighted by Crippen LogP contribution is 2.15. The normalized spacial score (nSPS) is 10.8. The minimum Gasteiger partial charge on any atom is -0.450 e. The summed E-state index contributed by atoms with van der Waals surface area (Å²) in [5.41, 5.74) is 2.50. The largest absolute Gasteiger partial charge is 0.450 e. The molecule has 26 heavy (non-hydrogen) atoms. The third kappa shape index (κ3) is 3.66. The van der Waals surface area contributed by atoms with Gasteiger partial charge in [-0.05, 0) is 44.5 Å². The van der Waals surface area contributed by atoms with Crippen LogP contribution >= 0.6 is 0 Å². The van der Waals surface area contributed by atoms with Gasteiger partial charge in [0.1, 0.15) is 5.82 Å². The molecule has 3 rings (SSSR count). The van der Waals surface area contributed by atoms with Gasteiger partial charge >= 0.3 is 5.97 Å². The number of benzene rings is 1. The first-order valence-electron chi connectivity index (χ1n) is 7.77. The van der Waals surface area contributed by atoms with E-state index in [4.69, 9.17) is 4.74 Å². The molecule has 0 aliphatic heterocycles. The number of nitrogens with one attached hydrogen (secondary N) is 1. The number of aromatic nitrogens is 4. The molecule has 1 aromatic carbocycles. The molecule has 0 unspecified atom stereocenters. The van der Waals surface area contributed by atoms with Gasteiger partial charge in [0.2, 0.25) is 0 Å². The maximum Gasteiger partial charge on any atom is 0.378 e. The highest BCUT2D eigenvalue weighted by atomic mass is 19.1. The molecule has 1 N–H and O–H groups in total. The van der Waals surface area contributed by atoms with E-state index in [2.05, 4.69) is 20.4 Å². The van der Waals surface area contributed by atoms with Crippen LogP contribution in [0.25, 0.3) is 5.78 Å². The van der Waals surface area contributed by atoms with Crippen molar-refractivity contribution in [3.8, 4) is 0 Å². The third-order valence-electron chi connectivity index (χ3n) is 3.61.